The van der Waals surface area contributed by atoms with Crippen molar-refractivity contribution in [2.75, 3.05) is 11.5 Å². The van der Waals surface area contributed by atoms with Gasteiger partial charge in [-0.3, -0.25) is 0 Å². The van der Waals surface area contributed by atoms with E-state index < -0.39 is 11.6 Å². The van der Waals surface area contributed by atoms with E-state index in [2.05, 4.69) is 0 Å². The van der Waals surface area contributed by atoms with E-state index in [1.165, 1.54) is 0 Å². The van der Waals surface area contributed by atoms with Gasteiger partial charge in [-0.2, -0.15) is 0 Å². The summed E-state index contributed by atoms with van der Waals surface area (Å²) in [6, 6.07) is 3.29. The monoisotopic (exact) mass is 276 g/mol. The number of nitrogen functional groups attached to an aromatic ring is 2. The van der Waals surface area contributed by atoms with E-state index in [-0.39, 0.29) is 22.5 Å². The van der Waals surface area contributed by atoms with Gasteiger partial charge in [-0.1, -0.05) is 12.1 Å². The van der Waals surface area contributed by atoms with Gasteiger partial charge in [0.25, 0.3) is 0 Å². The summed E-state index contributed by atoms with van der Waals surface area (Å²) in [6.07, 6.45) is 0. The van der Waals surface area contributed by atoms with Gasteiger partial charge in [-0.25, -0.2) is 8.78 Å². The zero-order chi connectivity index (χ0) is 15.2. The molecule has 0 aliphatic rings. The van der Waals surface area contributed by atoms with Crippen molar-refractivity contribution >= 4 is 11.4 Å². The molecule has 0 bridgehead atoms. The van der Waals surface area contributed by atoms with Crippen molar-refractivity contribution in [1.29, 1.82) is 0 Å². The zero-order valence-electron chi connectivity index (χ0n) is 12.1. The molecule has 2 nitrogen and oxygen atoms in total. The summed E-state index contributed by atoms with van der Waals surface area (Å²) in [7, 11) is 0. The second-order valence-corrected chi connectivity index (χ2v) is 5.23. The molecule has 106 valence electrons. The lowest BCUT2D eigenvalue weighted by atomic mass is 9.92. The quantitative estimate of drug-likeness (QED) is 0.773. The maximum Gasteiger partial charge on any atom is 0.136 e. The Balaban J connectivity index is 2.96. The summed E-state index contributed by atoms with van der Waals surface area (Å²) in [4.78, 5) is 0. The molecule has 0 amide bonds. The first-order valence-electron chi connectivity index (χ1n) is 6.36. The molecule has 20 heavy (non-hydrogen) atoms. The van der Waals surface area contributed by atoms with E-state index in [4.69, 9.17) is 11.5 Å². The van der Waals surface area contributed by atoms with Crippen LogP contribution in [0, 0.1) is 39.3 Å². The van der Waals surface area contributed by atoms with Crippen LogP contribution in [0.15, 0.2) is 12.1 Å². The SMILES string of the molecule is Cc1cc(C)c(F)c(-c2c(N)c(C)cc(C)c2F)c1N. The Morgan fingerprint density at radius 1 is 0.650 bits per heavy atom. The number of rotatable bonds is 1. The third-order valence-corrected chi connectivity index (χ3v) is 3.64. The largest absolute Gasteiger partial charge is 0.398 e. The summed E-state index contributed by atoms with van der Waals surface area (Å²) >= 11 is 0. The average Bonchev–Trinajstić information content (AvgIpc) is 2.38. The van der Waals surface area contributed by atoms with E-state index in [1.807, 2.05) is 0 Å². The molecule has 2 rings (SSSR count). The molecule has 0 aromatic heterocycles. The Hall–Kier alpha value is -2.10. The van der Waals surface area contributed by atoms with Gasteiger partial charge in [0.05, 0.1) is 0 Å². The van der Waals surface area contributed by atoms with E-state index in [0.29, 0.717) is 22.3 Å². The van der Waals surface area contributed by atoms with Crippen molar-refractivity contribution in [3.05, 3.63) is 46.0 Å². The van der Waals surface area contributed by atoms with Gasteiger partial charge in [-0.05, 0) is 49.9 Å². The third kappa shape index (κ3) is 2.01. The topological polar surface area (TPSA) is 52.0 Å². The van der Waals surface area contributed by atoms with Crippen LogP contribution in [-0.2, 0) is 0 Å². The van der Waals surface area contributed by atoms with Gasteiger partial charge in [0.1, 0.15) is 11.6 Å². The molecule has 0 unspecified atom stereocenters. The second kappa shape index (κ2) is 4.78. The number of hydrogen-bond acceptors (Lipinski definition) is 2. The Morgan fingerprint density at radius 3 is 1.25 bits per heavy atom. The molecule has 4 N–H and O–H groups in total. The number of benzene rings is 2. The van der Waals surface area contributed by atoms with Crippen molar-refractivity contribution in [3.8, 4) is 11.1 Å². The van der Waals surface area contributed by atoms with Crippen molar-refractivity contribution in [2.45, 2.75) is 27.7 Å². The highest BCUT2D eigenvalue weighted by molar-refractivity contribution is 5.88. The Kier molecular flexibility index (Phi) is 3.42. The lowest BCUT2D eigenvalue weighted by Crippen LogP contribution is -2.06. The van der Waals surface area contributed by atoms with Crippen molar-refractivity contribution in [2.24, 2.45) is 0 Å². The normalized spacial score (nSPS) is 10.9. The average molecular weight is 276 g/mol. The highest BCUT2D eigenvalue weighted by Gasteiger charge is 2.22. The van der Waals surface area contributed by atoms with Crippen LogP contribution in [0.25, 0.3) is 11.1 Å². The first-order chi connectivity index (χ1) is 9.25. The fourth-order valence-corrected chi connectivity index (χ4v) is 2.45. The van der Waals surface area contributed by atoms with Gasteiger partial charge in [0.15, 0.2) is 0 Å². The molecule has 2 aromatic rings. The predicted molar refractivity (Wildman–Crippen MR) is 79.6 cm³/mol. The minimum absolute atomic E-state index is 0.0595. The van der Waals surface area contributed by atoms with Crippen LogP contribution < -0.4 is 11.5 Å². The highest BCUT2D eigenvalue weighted by Crippen LogP contribution is 2.40. The molecule has 0 saturated heterocycles. The molecule has 0 fully saturated rings. The van der Waals surface area contributed by atoms with Gasteiger partial charge in [0.2, 0.25) is 0 Å². The van der Waals surface area contributed by atoms with Crippen molar-refractivity contribution in [1.82, 2.24) is 0 Å². The molecule has 0 atom stereocenters. The lowest BCUT2D eigenvalue weighted by Gasteiger charge is -2.17. The van der Waals surface area contributed by atoms with Crippen LogP contribution in [0.3, 0.4) is 0 Å². The maximum absolute atomic E-state index is 14.4. The molecular weight excluding hydrogens is 258 g/mol. The van der Waals surface area contributed by atoms with Crippen LogP contribution in [0.4, 0.5) is 20.2 Å². The fraction of sp³-hybridized carbons (Fsp3) is 0.250. The molecule has 0 aliphatic carbocycles. The second-order valence-electron chi connectivity index (χ2n) is 5.23. The Labute approximate surface area is 117 Å². The van der Waals surface area contributed by atoms with Crippen LogP contribution in [-0.4, -0.2) is 0 Å². The summed E-state index contributed by atoms with van der Waals surface area (Å²) in [5.74, 6) is -1.05. The molecule has 0 spiro atoms. The predicted octanol–water partition coefficient (Wildman–Crippen LogP) is 4.03. The van der Waals surface area contributed by atoms with Crippen LogP contribution in [0.2, 0.25) is 0 Å². The van der Waals surface area contributed by atoms with E-state index in [1.54, 1.807) is 39.8 Å². The zero-order valence-corrected chi connectivity index (χ0v) is 12.1. The van der Waals surface area contributed by atoms with Crippen LogP contribution in [0.5, 0.6) is 0 Å². The van der Waals surface area contributed by atoms with E-state index in [9.17, 15) is 8.78 Å². The highest BCUT2D eigenvalue weighted by atomic mass is 19.1. The van der Waals surface area contributed by atoms with E-state index in [0.717, 1.165) is 0 Å². The minimum atomic E-state index is -0.524. The molecule has 0 radical (unpaired) electrons. The summed E-state index contributed by atoms with van der Waals surface area (Å²) < 4.78 is 28.9. The van der Waals surface area contributed by atoms with Crippen LogP contribution >= 0.6 is 0 Å². The van der Waals surface area contributed by atoms with Crippen molar-refractivity contribution in [3.63, 3.8) is 0 Å². The summed E-state index contributed by atoms with van der Waals surface area (Å²) in [5, 5.41) is 0. The molecule has 0 heterocycles. The molecule has 4 heteroatoms. The van der Waals surface area contributed by atoms with Gasteiger partial charge in [-0.15, -0.1) is 0 Å². The minimum Gasteiger partial charge on any atom is -0.398 e. The maximum atomic E-state index is 14.4. The number of hydrogen-bond donors (Lipinski definition) is 2. The van der Waals surface area contributed by atoms with Gasteiger partial charge >= 0.3 is 0 Å². The molecule has 2 aromatic carbocycles. The van der Waals surface area contributed by atoms with Crippen molar-refractivity contribution < 1.29 is 8.78 Å². The molecule has 0 saturated carbocycles. The van der Waals surface area contributed by atoms with Gasteiger partial charge < -0.3 is 11.5 Å². The Morgan fingerprint density at radius 2 is 0.950 bits per heavy atom. The third-order valence-electron chi connectivity index (χ3n) is 3.64. The summed E-state index contributed by atoms with van der Waals surface area (Å²) in [5.41, 5.74) is 14.7. The first kappa shape index (κ1) is 14.3. The molecular formula is C16H18F2N2. The lowest BCUT2D eigenvalue weighted by molar-refractivity contribution is 0.607. The number of anilines is 2. The Bertz CT molecular complexity index is 593. The number of halogens is 2. The van der Waals surface area contributed by atoms with Crippen LogP contribution in [0.1, 0.15) is 22.3 Å². The first-order valence-corrected chi connectivity index (χ1v) is 6.36. The summed E-state index contributed by atoms with van der Waals surface area (Å²) in [6.45, 7) is 6.79. The standard InChI is InChI=1S/C16H18F2N2/c1-7-5-9(3)15(19)11(13(7)17)12-14(18)8(2)6-10(4)16(12)20/h5-6H,19-20H2,1-4H3. The fourth-order valence-electron chi connectivity index (χ4n) is 2.45. The smallest absolute Gasteiger partial charge is 0.136 e. The van der Waals surface area contributed by atoms with E-state index >= 15 is 0 Å². The van der Waals surface area contributed by atoms with Gasteiger partial charge in [0, 0.05) is 22.5 Å². The number of aryl methyl sites for hydroxylation is 4. The molecule has 0 aliphatic heterocycles. The number of nitrogens with two attached hydrogens (primary N) is 2.